The van der Waals surface area contributed by atoms with Crippen molar-refractivity contribution >= 4 is 30.2 Å². The molecule has 0 heterocycles. The summed E-state index contributed by atoms with van der Waals surface area (Å²) in [6.07, 6.45) is -1.32. The van der Waals surface area contributed by atoms with Crippen LogP contribution in [0.1, 0.15) is 5.56 Å². The van der Waals surface area contributed by atoms with E-state index in [0.717, 1.165) is 0 Å². The SMILES string of the molecule is Cc1cc(Cl)ccc1OC(=O)O.Cl. The lowest BCUT2D eigenvalue weighted by atomic mass is 10.2. The van der Waals surface area contributed by atoms with Gasteiger partial charge in [-0.1, -0.05) is 11.6 Å². The van der Waals surface area contributed by atoms with Gasteiger partial charge in [0.2, 0.25) is 0 Å². The van der Waals surface area contributed by atoms with E-state index >= 15 is 0 Å². The fourth-order valence-electron chi connectivity index (χ4n) is 0.821. The van der Waals surface area contributed by atoms with Crippen LogP contribution >= 0.6 is 24.0 Å². The van der Waals surface area contributed by atoms with Crippen LogP contribution in [0.25, 0.3) is 0 Å². The lowest BCUT2D eigenvalue weighted by Gasteiger charge is -2.02. The van der Waals surface area contributed by atoms with E-state index < -0.39 is 6.16 Å². The third-order valence-corrected chi connectivity index (χ3v) is 1.57. The smallest absolute Gasteiger partial charge is 0.449 e. The van der Waals surface area contributed by atoms with Gasteiger partial charge in [-0.25, -0.2) is 4.79 Å². The summed E-state index contributed by atoms with van der Waals surface area (Å²) < 4.78 is 4.46. The van der Waals surface area contributed by atoms with Crippen molar-refractivity contribution in [2.75, 3.05) is 0 Å². The van der Waals surface area contributed by atoms with E-state index in [0.29, 0.717) is 16.3 Å². The fraction of sp³-hybridized carbons (Fsp3) is 0.125. The highest BCUT2D eigenvalue weighted by Crippen LogP contribution is 2.21. The van der Waals surface area contributed by atoms with Crippen molar-refractivity contribution < 1.29 is 14.6 Å². The number of halogens is 2. The molecule has 1 aromatic carbocycles. The van der Waals surface area contributed by atoms with E-state index in [4.69, 9.17) is 16.7 Å². The van der Waals surface area contributed by atoms with Crippen molar-refractivity contribution in [2.45, 2.75) is 6.92 Å². The Bertz CT molecular complexity index is 312. The van der Waals surface area contributed by atoms with E-state index in [1.165, 1.54) is 6.07 Å². The average Bonchev–Trinajstić information content (AvgIpc) is 1.94. The van der Waals surface area contributed by atoms with Crippen molar-refractivity contribution in [3.8, 4) is 5.75 Å². The Morgan fingerprint density at radius 2 is 2.15 bits per heavy atom. The number of rotatable bonds is 1. The molecule has 1 N–H and O–H groups in total. The van der Waals surface area contributed by atoms with Gasteiger partial charge < -0.3 is 9.84 Å². The minimum Gasteiger partial charge on any atom is -0.449 e. The molecule has 0 aliphatic heterocycles. The molecule has 1 rings (SSSR count). The summed E-state index contributed by atoms with van der Waals surface area (Å²) in [5, 5.41) is 8.87. The Morgan fingerprint density at radius 3 is 2.62 bits per heavy atom. The topological polar surface area (TPSA) is 46.5 Å². The number of ether oxygens (including phenoxy) is 1. The van der Waals surface area contributed by atoms with Gasteiger partial charge in [-0.05, 0) is 30.7 Å². The van der Waals surface area contributed by atoms with Gasteiger partial charge in [0, 0.05) is 5.02 Å². The van der Waals surface area contributed by atoms with Crippen molar-refractivity contribution in [2.24, 2.45) is 0 Å². The van der Waals surface area contributed by atoms with Crippen LogP contribution in [0.15, 0.2) is 18.2 Å². The molecule has 13 heavy (non-hydrogen) atoms. The van der Waals surface area contributed by atoms with Crippen LogP contribution in [0.3, 0.4) is 0 Å². The molecule has 72 valence electrons. The summed E-state index contributed by atoms with van der Waals surface area (Å²) in [6, 6.07) is 4.73. The van der Waals surface area contributed by atoms with E-state index in [1.54, 1.807) is 19.1 Å². The van der Waals surface area contributed by atoms with E-state index in [1.807, 2.05) is 0 Å². The first-order chi connectivity index (χ1) is 5.59. The molecule has 1 aromatic rings. The van der Waals surface area contributed by atoms with Gasteiger partial charge in [0.15, 0.2) is 0 Å². The number of benzene rings is 1. The molecule has 5 heteroatoms. The molecule has 0 aromatic heterocycles. The molecule has 0 aliphatic carbocycles. The minimum atomic E-state index is -1.32. The first-order valence-corrected chi connectivity index (χ1v) is 3.64. The predicted molar refractivity (Wildman–Crippen MR) is 52.1 cm³/mol. The zero-order valence-electron chi connectivity index (χ0n) is 6.78. The zero-order valence-corrected chi connectivity index (χ0v) is 8.35. The molecular weight excluding hydrogens is 215 g/mol. The van der Waals surface area contributed by atoms with Crippen LogP contribution in [0.2, 0.25) is 5.02 Å². The van der Waals surface area contributed by atoms with Crippen LogP contribution in [-0.4, -0.2) is 11.3 Å². The van der Waals surface area contributed by atoms with Gasteiger partial charge in [-0.15, -0.1) is 12.4 Å². The minimum absolute atomic E-state index is 0. The average molecular weight is 223 g/mol. The van der Waals surface area contributed by atoms with Crippen LogP contribution in [0.5, 0.6) is 5.75 Å². The van der Waals surface area contributed by atoms with Crippen LogP contribution in [0.4, 0.5) is 4.79 Å². The molecule has 0 radical (unpaired) electrons. The second kappa shape index (κ2) is 4.94. The maximum absolute atomic E-state index is 10.2. The van der Waals surface area contributed by atoms with Gasteiger partial charge >= 0.3 is 6.16 Å². The van der Waals surface area contributed by atoms with E-state index in [9.17, 15) is 4.79 Å². The molecule has 0 bridgehead atoms. The highest BCUT2D eigenvalue weighted by molar-refractivity contribution is 6.30. The quantitative estimate of drug-likeness (QED) is 0.587. The second-order valence-electron chi connectivity index (χ2n) is 2.28. The number of carboxylic acid groups (broad SMARTS) is 1. The molecule has 0 atom stereocenters. The van der Waals surface area contributed by atoms with Crippen molar-refractivity contribution in [1.29, 1.82) is 0 Å². The largest absolute Gasteiger partial charge is 0.511 e. The van der Waals surface area contributed by atoms with Gasteiger partial charge in [0.25, 0.3) is 0 Å². The maximum atomic E-state index is 10.2. The number of hydrogen-bond acceptors (Lipinski definition) is 2. The second-order valence-corrected chi connectivity index (χ2v) is 2.71. The third-order valence-electron chi connectivity index (χ3n) is 1.33. The molecule has 0 fully saturated rings. The van der Waals surface area contributed by atoms with Crippen LogP contribution in [-0.2, 0) is 0 Å². The summed E-state index contributed by atoms with van der Waals surface area (Å²) in [7, 11) is 0. The monoisotopic (exact) mass is 222 g/mol. The number of carbonyl (C=O) groups is 1. The molecule has 0 unspecified atom stereocenters. The Labute approximate surface area is 86.7 Å². The predicted octanol–water partition coefficient (Wildman–Crippen LogP) is 3.13. The molecule has 0 aliphatic rings. The highest BCUT2D eigenvalue weighted by Gasteiger charge is 2.03. The Kier molecular flexibility index (Phi) is 4.59. The summed E-state index contributed by atoms with van der Waals surface area (Å²) in [6.45, 7) is 1.73. The number of hydrogen-bond donors (Lipinski definition) is 1. The summed E-state index contributed by atoms with van der Waals surface area (Å²) in [4.78, 5) is 10.2. The van der Waals surface area contributed by atoms with Gasteiger partial charge in [0.05, 0.1) is 0 Å². The molecule has 0 amide bonds. The lowest BCUT2D eigenvalue weighted by molar-refractivity contribution is 0.144. The van der Waals surface area contributed by atoms with Gasteiger partial charge in [-0.2, -0.15) is 0 Å². The lowest BCUT2D eigenvalue weighted by Crippen LogP contribution is -2.03. The van der Waals surface area contributed by atoms with Crippen LogP contribution < -0.4 is 4.74 Å². The third kappa shape index (κ3) is 3.53. The standard InChI is InChI=1S/C8H7ClO3.ClH/c1-5-4-6(9)2-3-7(5)12-8(10)11;/h2-4H,1H3,(H,10,11);1H. The van der Waals surface area contributed by atoms with Gasteiger partial charge in [-0.3, -0.25) is 0 Å². The van der Waals surface area contributed by atoms with E-state index in [-0.39, 0.29) is 12.4 Å². The Balaban J connectivity index is 0.00000144. The summed E-state index contributed by atoms with van der Waals surface area (Å²) in [5.74, 6) is 0.312. The van der Waals surface area contributed by atoms with Crippen molar-refractivity contribution in [3.05, 3.63) is 28.8 Å². The zero-order chi connectivity index (χ0) is 9.14. The summed E-state index contributed by atoms with van der Waals surface area (Å²) in [5.41, 5.74) is 0.699. The van der Waals surface area contributed by atoms with Crippen LogP contribution in [0, 0.1) is 6.92 Å². The van der Waals surface area contributed by atoms with Gasteiger partial charge in [0.1, 0.15) is 5.75 Å². The first kappa shape index (κ1) is 12.1. The van der Waals surface area contributed by atoms with Crippen molar-refractivity contribution in [1.82, 2.24) is 0 Å². The molecule has 0 saturated carbocycles. The fourth-order valence-corrected chi connectivity index (χ4v) is 1.05. The molecule has 3 nitrogen and oxygen atoms in total. The Morgan fingerprint density at radius 1 is 1.54 bits per heavy atom. The number of aryl methyl sites for hydroxylation is 1. The van der Waals surface area contributed by atoms with Crippen molar-refractivity contribution in [3.63, 3.8) is 0 Å². The normalized spacial score (nSPS) is 8.77. The molecule has 0 spiro atoms. The highest BCUT2D eigenvalue weighted by atomic mass is 35.5. The summed E-state index contributed by atoms with van der Waals surface area (Å²) >= 11 is 5.65. The Hall–Kier alpha value is -0.930. The maximum Gasteiger partial charge on any atom is 0.511 e. The first-order valence-electron chi connectivity index (χ1n) is 3.26. The molecular formula is C8H8Cl2O3. The van der Waals surface area contributed by atoms with E-state index in [2.05, 4.69) is 4.74 Å². The molecule has 0 saturated heterocycles.